The Balaban J connectivity index is 2.56. The zero-order valence-electron chi connectivity index (χ0n) is 11.2. The van der Waals surface area contributed by atoms with Gasteiger partial charge in [0.15, 0.2) is 6.10 Å². The van der Waals surface area contributed by atoms with Gasteiger partial charge in [-0.2, -0.15) is 0 Å². The molecule has 4 heteroatoms. The van der Waals surface area contributed by atoms with Crippen LogP contribution in [0.3, 0.4) is 0 Å². The lowest BCUT2D eigenvalue weighted by molar-refractivity contribution is -0.128. The molecule has 1 aromatic carbocycles. The highest BCUT2D eigenvalue weighted by Crippen LogP contribution is 2.18. The average Bonchev–Trinajstić information content (AvgIpc) is 2.38. The van der Waals surface area contributed by atoms with Gasteiger partial charge in [-0.1, -0.05) is 25.1 Å². The minimum absolute atomic E-state index is 0.0993. The van der Waals surface area contributed by atoms with Gasteiger partial charge in [0, 0.05) is 13.7 Å². The van der Waals surface area contributed by atoms with E-state index in [0.717, 1.165) is 11.3 Å². The van der Waals surface area contributed by atoms with Crippen molar-refractivity contribution in [1.82, 2.24) is 5.32 Å². The fourth-order valence-electron chi connectivity index (χ4n) is 1.55. The molecule has 0 fully saturated rings. The molecule has 1 atom stereocenters. The number of para-hydroxylation sites is 1. The molecular weight excluding hydrogens is 230 g/mol. The monoisotopic (exact) mass is 251 g/mol. The van der Waals surface area contributed by atoms with Crippen molar-refractivity contribution in [2.24, 2.45) is 0 Å². The maximum Gasteiger partial charge on any atom is 0.261 e. The molecule has 0 aliphatic rings. The van der Waals surface area contributed by atoms with E-state index in [9.17, 15) is 4.79 Å². The second-order valence-corrected chi connectivity index (χ2v) is 4.06. The normalized spacial score (nSPS) is 11.9. The fourth-order valence-corrected chi connectivity index (χ4v) is 1.55. The molecule has 0 saturated carbocycles. The molecule has 18 heavy (non-hydrogen) atoms. The molecule has 1 aromatic rings. The lowest BCUT2D eigenvalue weighted by Crippen LogP contribution is -2.39. The first kappa shape index (κ1) is 14.5. The summed E-state index contributed by atoms with van der Waals surface area (Å²) in [5, 5.41) is 2.79. The number of amides is 1. The van der Waals surface area contributed by atoms with Crippen LogP contribution >= 0.6 is 0 Å². The van der Waals surface area contributed by atoms with Gasteiger partial charge in [-0.05, 0) is 25.0 Å². The summed E-state index contributed by atoms with van der Waals surface area (Å²) in [5.74, 6) is 0.657. The predicted octanol–water partition coefficient (Wildman–Crippen LogP) is 1.92. The van der Waals surface area contributed by atoms with Crippen molar-refractivity contribution < 1.29 is 14.3 Å². The zero-order chi connectivity index (χ0) is 13.4. The van der Waals surface area contributed by atoms with E-state index in [1.54, 1.807) is 7.11 Å². The molecule has 0 heterocycles. The Morgan fingerprint density at radius 2 is 2.11 bits per heavy atom. The number of carbonyl (C=O) groups excluding carboxylic acids is 1. The van der Waals surface area contributed by atoms with Crippen molar-refractivity contribution in [2.45, 2.75) is 26.4 Å². The van der Waals surface area contributed by atoms with Crippen LogP contribution in [0.15, 0.2) is 24.3 Å². The van der Waals surface area contributed by atoms with E-state index in [-0.39, 0.29) is 5.91 Å². The smallest absolute Gasteiger partial charge is 0.261 e. The summed E-state index contributed by atoms with van der Waals surface area (Å²) in [7, 11) is 1.60. The van der Waals surface area contributed by atoms with Crippen molar-refractivity contribution in [2.75, 3.05) is 20.3 Å². The lowest BCUT2D eigenvalue weighted by Gasteiger charge is -2.18. The van der Waals surface area contributed by atoms with E-state index in [0.29, 0.717) is 19.6 Å². The number of hydrogen-bond donors (Lipinski definition) is 1. The SMILES string of the molecule is CC[C@@H](Oc1ccccc1C)C(=O)NCCOC. The standard InChI is InChI=1S/C14H21NO3/c1-4-12(14(16)15-9-10-17-3)18-13-8-6-5-7-11(13)2/h5-8,12H,4,9-10H2,1-3H3,(H,15,16)/t12-/m1/s1. The Morgan fingerprint density at radius 1 is 1.39 bits per heavy atom. The molecule has 0 aromatic heterocycles. The van der Waals surface area contributed by atoms with Gasteiger partial charge in [0.2, 0.25) is 0 Å². The summed E-state index contributed by atoms with van der Waals surface area (Å²) in [6, 6.07) is 7.69. The molecule has 1 N–H and O–H groups in total. The predicted molar refractivity (Wildman–Crippen MR) is 70.8 cm³/mol. The number of benzene rings is 1. The molecule has 100 valence electrons. The first-order valence-corrected chi connectivity index (χ1v) is 6.18. The third-order valence-corrected chi connectivity index (χ3v) is 2.63. The number of hydrogen-bond acceptors (Lipinski definition) is 3. The van der Waals surface area contributed by atoms with Gasteiger partial charge in [-0.25, -0.2) is 0 Å². The first-order valence-electron chi connectivity index (χ1n) is 6.18. The number of rotatable bonds is 7. The van der Waals surface area contributed by atoms with E-state index >= 15 is 0 Å². The number of aryl methyl sites for hydroxylation is 1. The van der Waals surface area contributed by atoms with Gasteiger partial charge >= 0.3 is 0 Å². The van der Waals surface area contributed by atoms with Gasteiger partial charge in [0.25, 0.3) is 5.91 Å². The Bertz CT molecular complexity index is 379. The van der Waals surface area contributed by atoms with Crippen LogP contribution in [0.25, 0.3) is 0 Å². The Hall–Kier alpha value is -1.55. The number of nitrogens with one attached hydrogen (secondary N) is 1. The molecule has 0 spiro atoms. The van der Waals surface area contributed by atoms with Gasteiger partial charge in [-0.3, -0.25) is 4.79 Å². The second-order valence-electron chi connectivity index (χ2n) is 4.06. The van der Waals surface area contributed by atoms with Gasteiger partial charge in [0.05, 0.1) is 6.61 Å². The van der Waals surface area contributed by atoms with Crippen LogP contribution in [0.2, 0.25) is 0 Å². The molecule has 0 unspecified atom stereocenters. The highest BCUT2D eigenvalue weighted by atomic mass is 16.5. The number of carbonyl (C=O) groups is 1. The molecule has 0 radical (unpaired) electrons. The third-order valence-electron chi connectivity index (χ3n) is 2.63. The fraction of sp³-hybridized carbons (Fsp3) is 0.500. The molecule has 0 bridgehead atoms. The van der Waals surface area contributed by atoms with E-state index < -0.39 is 6.10 Å². The first-order chi connectivity index (χ1) is 8.69. The van der Waals surface area contributed by atoms with Crippen molar-refractivity contribution in [3.63, 3.8) is 0 Å². The molecule has 1 rings (SSSR count). The molecule has 1 amide bonds. The minimum atomic E-state index is -0.456. The molecule has 4 nitrogen and oxygen atoms in total. The summed E-state index contributed by atoms with van der Waals surface area (Å²) < 4.78 is 10.6. The van der Waals surface area contributed by atoms with Crippen molar-refractivity contribution in [3.05, 3.63) is 29.8 Å². The van der Waals surface area contributed by atoms with Gasteiger partial charge in [-0.15, -0.1) is 0 Å². The van der Waals surface area contributed by atoms with Crippen LogP contribution in [-0.4, -0.2) is 32.3 Å². The van der Waals surface area contributed by atoms with Gasteiger partial charge in [0.1, 0.15) is 5.75 Å². The molecular formula is C14H21NO3. The number of methoxy groups -OCH3 is 1. The van der Waals surface area contributed by atoms with Crippen LogP contribution in [0.5, 0.6) is 5.75 Å². The highest BCUT2D eigenvalue weighted by Gasteiger charge is 2.18. The van der Waals surface area contributed by atoms with Crippen LogP contribution in [0.4, 0.5) is 0 Å². The van der Waals surface area contributed by atoms with Crippen molar-refractivity contribution in [3.8, 4) is 5.75 Å². The molecule has 0 aliphatic carbocycles. The second kappa shape index (κ2) is 7.71. The maximum atomic E-state index is 11.9. The van der Waals surface area contributed by atoms with Crippen molar-refractivity contribution >= 4 is 5.91 Å². The van der Waals surface area contributed by atoms with Crippen molar-refractivity contribution in [1.29, 1.82) is 0 Å². The largest absolute Gasteiger partial charge is 0.480 e. The summed E-state index contributed by atoms with van der Waals surface area (Å²) in [4.78, 5) is 11.9. The topological polar surface area (TPSA) is 47.6 Å². The third kappa shape index (κ3) is 4.37. The van der Waals surface area contributed by atoms with E-state index in [1.807, 2.05) is 38.1 Å². The minimum Gasteiger partial charge on any atom is -0.480 e. The lowest BCUT2D eigenvalue weighted by atomic mass is 10.2. The molecule has 0 saturated heterocycles. The Labute approximate surface area is 108 Å². The van der Waals surface area contributed by atoms with Gasteiger partial charge < -0.3 is 14.8 Å². The summed E-state index contributed by atoms with van der Waals surface area (Å²) in [6.45, 7) is 4.90. The van der Waals surface area contributed by atoms with Crippen LogP contribution < -0.4 is 10.1 Å². The maximum absolute atomic E-state index is 11.9. The van der Waals surface area contributed by atoms with E-state index in [4.69, 9.17) is 9.47 Å². The summed E-state index contributed by atoms with van der Waals surface area (Å²) in [5.41, 5.74) is 1.03. The quantitative estimate of drug-likeness (QED) is 0.753. The highest BCUT2D eigenvalue weighted by molar-refractivity contribution is 5.81. The van der Waals surface area contributed by atoms with Crippen LogP contribution in [-0.2, 0) is 9.53 Å². The number of ether oxygens (including phenoxy) is 2. The summed E-state index contributed by atoms with van der Waals surface area (Å²) in [6.07, 6.45) is 0.176. The van der Waals surface area contributed by atoms with Crippen LogP contribution in [0, 0.1) is 6.92 Å². The zero-order valence-corrected chi connectivity index (χ0v) is 11.2. The Kier molecular flexibility index (Phi) is 6.22. The Morgan fingerprint density at radius 3 is 2.72 bits per heavy atom. The van der Waals surface area contributed by atoms with Crippen LogP contribution in [0.1, 0.15) is 18.9 Å². The average molecular weight is 251 g/mol. The molecule has 0 aliphatic heterocycles. The van der Waals surface area contributed by atoms with E-state index in [1.165, 1.54) is 0 Å². The summed E-state index contributed by atoms with van der Waals surface area (Å²) >= 11 is 0. The van der Waals surface area contributed by atoms with E-state index in [2.05, 4.69) is 5.32 Å².